The first-order valence-corrected chi connectivity index (χ1v) is 10.1. The third-order valence-electron chi connectivity index (χ3n) is 4.80. The van der Waals surface area contributed by atoms with Crippen LogP contribution >= 0.6 is 0 Å². The minimum atomic E-state index is -0.242. The van der Waals surface area contributed by atoms with E-state index in [0.29, 0.717) is 54.9 Å². The molecule has 0 saturated carbocycles. The van der Waals surface area contributed by atoms with Crippen molar-refractivity contribution in [3.8, 4) is 17.2 Å². The van der Waals surface area contributed by atoms with Crippen LogP contribution in [0.25, 0.3) is 0 Å². The van der Waals surface area contributed by atoms with Crippen molar-refractivity contribution in [3.63, 3.8) is 0 Å². The minimum absolute atomic E-state index is 0.242. The molecule has 0 aliphatic carbocycles. The zero-order valence-electron chi connectivity index (χ0n) is 18.4. The van der Waals surface area contributed by atoms with E-state index in [1.165, 1.54) is 21.3 Å². The number of rotatable bonds is 9. The molecule has 3 rings (SSSR count). The summed E-state index contributed by atoms with van der Waals surface area (Å²) in [6, 6.07) is 5.15. The van der Waals surface area contributed by atoms with E-state index in [2.05, 4.69) is 25.5 Å². The number of hydrogen-bond acceptors (Lipinski definition) is 9. The molecular weight excluding hydrogens is 402 g/mol. The van der Waals surface area contributed by atoms with Crippen LogP contribution in [-0.2, 0) is 4.74 Å². The van der Waals surface area contributed by atoms with E-state index < -0.39 is 0 Å². The summed E-state index contributed by atoms with van der Waals surface area (Å²) < 4.78 is 21.3. The van der Waals surface area contributed by atoms with Crippen LogP contribution in [0.15, 0.2) is 18.2 Å². The van der Waals surface area contributed by atoms with Crippen LogP contribution in [0.5, 0.6) is 17.2 Å². The van der Waals surface area contributed by atoms with Gasteiger partial charge >= 0.3 is 0 Å². The molecule has 2 N–H and O–H groups in total. The molecule has 1 aromatic heterocycles. The van der Waals surface area contributed by atoms with Crippen molar-refractivity contribution in [1.82, 2.24) is 15.3 Å². The molecule has 31 heavy (non-hydrogen) atoms. The average molecular weight is 431 g/mol. The number of nitrogens with zero attached hydrogens (tertiary/aromatic N) is 3. The summed E-state index contributed by atoms with van der Waals surface area (Å²) in [7, 11) is 4.54. The van der Waals surface area contributed by atoms with Gasteiger partial charge in [-0.2, -0.15) is 0 Å². The number of aryl methyl sites for hydroxylation is 1. The van der Waals surface area contributed by atoms with E-state index in [-0.39, 0.29) is 5.91 Å². The lowest BCUT2D eigenvalue weighted by molar-refractivity contribution is 0.0954. The number of morpholine rings is 1. The molecule has 1 fully saturated rings. The second kappa shape index (κ2) is 10.7. The van der Waals surface area contributed by atoms with Crippen LogP contribution in [0.2, 0.25) is 0 Å². The molecule has 2 heterocycles. The van der Waals surface area contributed by atoms with Crippen LogP contribution in [-0.4, -0.2) is 76.6 Å². The Hall–Kier alpha value is -3.27. The van der Waals surface area contributed by atoms with Gasteiger partial charge in [-0.25, -0.2) is 9.97 Å². The van der Waals surface area contributed by atoms with Crippen LogP contribution in [0, 0.1) is 6.92 Å². The minimum Gasteiger partial charge on any atom is -0.493 e. The molecule has 10 nitrogen and oxygen atoms in total. The fraction of sp³-hybridized carbons (Fsp3) is 0.476. The third-order valence-corrected chi connectivity index (χ3v) is 4.80. The third kappa shape index (κ3) is 5.66. The zero-order valence-corrected chi connectivity index (χ0v) is 18.4. The summed E-state index contributed by atoms with van der Waals surface area (Å²) in [6.45, 7) is 5.78. The van der Waals surface area contributed by atoms with Crippen molar-refractivity contribution in [2.24, 2.45) is 0 Å². The molecule has 2 aromatic rings. The molecule has 1 aliphatic heterocycles. The number of ether oxygens (including phenoxy) is 4. The molecule has 0 atom stereocenters. The van der Waals surface area contributed by atoms with Crippen molar-refractivity contribution >= 4 is 17.5 Å². The Morgan fingerprint density at radius 2 is 1.71 bits per heavy atom. The largest absolute Gasteiger partial charge is 0.493 e. The number of anilines is 2. The zero-order chi connectivity index (χ0) is 22.2. The lowest BCUT2D eigenvalue weighted by Gasteiger charge is -2.28. The van der Waals surface area contributed by atoms with E-state index in [4.69, 9.17) is 18.9 Å². The molecule has 1 aromatic carbocycles. The first-order chi connectivity index (χ1) is 15.0. The fourth-order valence-electron chi connectivity index (χ4n) is 3.28. The number of methoxy groups -OCH3 is 3. The highest BCUT2D eigenvalue weighted by Crippen LogP contribution is 2.38. The van der Waals surface area contributed by atoms with Crippen molar-refractivity contribution in [2.45, 2.75) is 6.92 Å². The molecule has 10 heteroatoms. The molecule has 168 valence electrons. The fourth-order valence-corrected chi connectivity index (χ4v) is 3.28. The highest BCUT2D eigenvalue weighted by molar-refractivity contribution is 5.95. The Morgan fingerprint density at radius 3 is 2.32 bits per heavy atom. The van der Waals surface area contributed by atoms with Gasteiger partial charge in [-0.15, -0.1) is 0 Å². The SMILES string of the molecule is COc1cc(C(=O)NCCNc2cc(N3CCOCC3)nc(C)n2)cc(OC)c1OC. The molecule has 0 spiro atoms. The van der Waals surface area contributed by atoms with E-state index in [9.17, 15) is 4.79 Å². The second-order valence-electron chi connectivity index (χ2n) is 6.85. The van der Waals surface area contributed by atoms with Crippen LogP contribution in [0.3, 0.4) is 0 Å². The summed E-state index contributed by atoms with van der Waals surface area (Å²) in [5, 5.41) is 6.12. The number of nitrogens with one attached hydrogen (secondary N) is 2. The molecule has 0 radical (unpaired) electrons. The molecule has 1 aliphatic rings. The van der Waals surface area contributed by atoms with Crippen molar-refractivity contribution in [2.75, 3.05) is 70.9 Å². The van der Waals surface area contributed by atoms with Gasteiger partial charge in [-0.05, 0) is 19.1 Å². The van der Waals surface area contributed by atoms with Gasteiger partial charge in [0.05, 0.1) is 34.5 Å². The predicted octanol–water partition coefficient (Wildman–Crippen LogP) is 1.49. The Kier molecular flexibility index (Phi) is 7.71. The van der Waals surface area contributed by atoms with Crippen molar-refractivity contribution in [1.29, 1.82) is 0 Å². The highest BCUT2D eigenvalue weighted by atomic mass is 16.5. The lowest BCUT2D eigenvalue weighted by Crippen LogP contribution is -2.37. The monoisotopic (exact) mass is 431 g/mol. The summed E-state index contributed by atoms with van der Waals surface area (Å²) in [6.07, 6.45) is 0. The molecule has 1 amide bonds. The highest BCUT2D eigenvalue weighted by Gasteiger charge is 2.17. The summed E-state index contributed by atoms with van der Waals surface area (Å²) >= 11 is 0. The maximum atomic E-state index is 12.6. The average Bonchev–Trinajstić information content (AvgIpc) is 2.80. The summed E-state index contributed by atoms with van der Waals surface area (Å²) in [4.78, 5) is 23.7. The number of aromatic nitrogens is 2. The summed E-state index contributed by atoms with van der Waals surface area (Å²) in [5.41, 5.74) is 0.419. The second-order valence-corrected chi connectivity index (χ2v) is 6.85. The van der Waals surface area contributed by atoms with E-state index in [1.807, 2.05) is 13.0 Å². The Bertz CT molecular complexity index is 877. The van der Waals surface area contributed by atoms with Crippen molar-refractivity contribution in [3.05, 3.63) is 29.6 Å². The van der Waals surface area contributed by atoms with Gasteiger partial charge in [0.25, 0.3) is 5.91 Å². The van der Waals surface area contributed by atoms with E-state index >= 15 is 0 Å². The Balaban J connectivity index is 1.57. The molecule has 0 unspecified atom stereocenters. The van der Waals surface area contributed by atoms with Crippen molar-refractivity contribution < 1.29 is 23.7 Å². The van der Waals surface area contributed by atoms with Gasteiger partial charge in [-0.3, -0.25) is 4.79 Å². The smallest absolute Gasteiger partial charge is 0.251 e. The Labute approximate surface area is 181 Å². The van der Waals surface area contributed by atoms with Crippen LogP contribution < -0.4 is 29.7 Å². The molecular formula is C21H29N5O5. The molecule has 0 bridgehead atoms. The standard InChI is InChI=1S/C21H29N5O5/c1-14-24-18(13-19(25-14)26-7-9-31-10-8-26)22-5-6-23-21(27)15-11-16(28-2)20(30-4)17(12-15)29-3/h11-13H,5-10H2,1-4H3,(H,23,27)(H,22,24,25). The van der Waals surface area contributed by atoms with Gasteiger partial charge in [0.1, 0.15) is 17.5 Å². The first kappa shape index (κ1) is 22.4. The van der Waals surface area contributed by atoms with E-state index in [0.717, 1.165) is 24.7 Å². The summed E-state index contributed by atoms with van der Waals surface area (Å²) in [5.74, 6) is 3.34. The maximum Gasteiger partial charge on any atom is 0.251 e. The Morgan fingerprint density at radius 1 is 1.03 bits per heavy atom. The normalized spacial score (nSPS) is 13.5. The number of amides is 1. The lowest BCUT2D eigenvalue weighted by atomic mass is 10.1. The first-order valence-electron chi connectivity index (χ1n) is 10.1. The number of hydrogen-bond donors (Lipinski definition) is 2. The van der Waals surface area contributed by atoms with Gasteiger partial charge < -0.3 is 34.5 Å². The van der Waals surface area contributed by atoms with Gasteiger partial charge in [0.15, 0.2) is 11.5 Å². The van der Waals surface area contributed by atoms with E-state index in [1.54, 1.807) is 12.1 Å². The van der Waals surface area contributed by atoms with Gasteiger partial charge in [0, 0.05) is 37.8 Å². The molecule has 1 saturated heterocycles. The quantitative estimate of drug-likeness (QED) is 0.571. The van der Waals surface area contributed by atoms with Gasteiger partial charge in [-0.1, -0.05) is 0 Å². The number of carbonyl (C=O) groups is 1. The van der Waals surface area contributed by atoms with Crippen LogP contribution in [0.4, 0.5) is 11.6 Å². The number of benzene rings is 1. The number of carbonyl (C=O) groups excluding carboxylic acids is 1. The predicted molar refractivity (Wildman–Crippen MR) is 117 cm³/mol. The van der Waals surface area contributed by atoms with Gasteiger partial charge in [0.2, 0.25) is 5.75 Å². The maximum absolute atomic E-state index is 12.6. The topological polar surface area (TPSA) is 107 Å². The van der Waals surface area contributed by atoms with Crippen LogP contribution in [0.1, 0.15) is 16.2 Å².